The van der Waals surface area contributed by atoms with Gasteiger partial charge in [0.25, 0.3) is 0 Å². The molecule has 3 aromatic rings. The van der Waals surface area contributed by atoms with Crippen LogP contribution in [-0.2, 0) is 9.84 Å². The van der Waals surface area contributed by atoms with Gasteiger partial charge in [0, 0.05) is 18.5 Å². The molecule has 186 valence electrons. The van der Waals surface area contributed by atoms with Gasteiger partial charge in [0.1, 0.15) is 5.52 Å². The monoisotopic (exact) mass is 486 g/mol. The van der Waals surface area contributed by atoms with Gasteiger partial charge in [0.15, 0.2) is 15.5 Å². The molecule has 3 aromatic heterocycles. The molecule has 8 heteroatoms. The molecule has 0 aliphatic heterocycles. The van der Waals surface area contributed by atoms with Crippen LogP contribution in [0.4, 0.5) is 0 Å². The van der Waals surface area contributed by atoms with Crippen LogP contribution in [0.2, 0.25) is 0 Å². The average Bonchev–Trinajstić information content (AvgIpc) is 3.08. The predicted octanol–water partition coefficient (Wildman–Crippen LogP) is 6.18. The molecule has 0 spiro atoms. The predicted molar refractivity (Wildman–Crippen MR) is 137 cm³/mol. The summed E-state index contributed by atoms with van der Waals surface area (Å²) in [5, 5.41) is 0. The summed E-state index contributed by atoms with van der Waals surface area (Å²) in [5.74, 6) is 0.399. The van der Waals surface area contributed by atoms with Crippen LogP contribution in [0.15, 0.2) is 17.2 Å². The van der Waals surface area contributed by atoms with Gasteiger partial charge in [-0.25, -0.2) is 23.4 Å². The summed E-state index contributed by atoms with van der Waals surface area (Å²) in [6, 6.07) is 2.04. The number of aryl methyl sites for hydroxylation is 2. The van der Waals surface area contributed by atoms with Crippen LogP contribution in [0, 0.1) is 13.8 Å². The maximum atomic E-state index is 12.8. The minimum atomic E-state index is -3.51. The number of aromatic nitrogens is 4. The van der Waals surface area contributed by atoms with Gasteiger partial charge in [-0.05, 0) is 57.6 Å². The number of hydrogen-bond acceptors (Lipinski definition) is 6. The van der Waals surface area contributed by atoms with Crippen molar-refractivity contribution >= 4 is 21.0 Å². The van der Waals surface area contributed by atoms with Crippen LogP contribution < -0.4 is 4.74 Å². The SMILES string of the molecule is CCCC(C)c1nc(OCC)c(-c2nc3c(C)cn(C(CC)CC)c3nc2C)cc1S(C)(=O)=O. The number of nitrogens with zero attached hydrogens (tertiary/aromatic N) is 4. The minimum absolute atomic E-state index is 0.00561. The molecule has 34 heavy (non-hydrogen) atoms. The Morgan fingerprint density at radius 1 is 1.06 bits per heavy atom. The second-order valence-electron chi connectivity index (χ2n) is 9.14. The number of hydrogen-bond donors (Lipinski definition) is 0. The fourth-order valence-electron chi connectivity index (χ4n) is 4.63. The van der Waals surface area contributed by atoms with Gasteiger partial charge in [-0.2, -0.15) is 0 Å². The van der Waals surface area contributed by atoms with E-state index >= 15 is 0 Å². The molecule has 0 saturated carbocycles. The fraction of sp³-hybridized carbons (Fsp3) is 0.577. The van der Waals surface area contributed by atoms with E-state index < -0.39 is 9.84 Å². The Kier molecular flexibility index (Phi) is 8.01. The number of fused-ring (bicyclic) bond motifs is 1. The zero-order valence-corrected chi connectivity index (χ0v) is 22.6. The van der Waals surface area contributed by atoms with Crippen LogP contribution in [0.5, 0.6) is 5.88 Å². The van der Waals surface area contributed by atoms with Crippen LogP contribution >= 0.6 is 0 Å². The lowest BCUT2D eigenvalue weighted by Crippen LogP contribution is -2.12. The van der Waals surface area contributed by atoms with Gasteiger partial charge in [-0.1, -0.05) is 34.1 Å². The molecule has 0 saturated heterocycles. The standard InChI is InChI=1S/C26H38N4O3S/c1-9-13-16(5)22-21(34(8,31)32)14-20(26(29-22)33-12-4)24-18(7)27-25-23(28-24)17(6)15-30(25)19(10-2)11-3/h14-16,19H,9-13H2,1-8H3. The molecule has 0 bridgehead atoms. The highest BCUT2D eigenvalue weighted by molar-refractivity contribution is 7.90. The molecule has 0 aliphatic carbocycles. The molecule has 7 nitrogen and oxygen atoms in total. The van der Waals surface area contributed by atoms with Gasteiger partial charge < -0.3 is 9.30 Å². The van der Waals surface area contributed by atoms with Crippen molar-refractivity contribution in [3.8, 4) is 17.1 Å². The first-order valence-corrected chi connectivity index (χ1v) is 14.2. The molecule has 1 unspecified atom stereocenters. The lowest BCUT2D eigenvalue weighted by atomic mass is 10.00. The van der Waals surface area contributed by atoms with Crippen LogP contribution in [-0.4, -0.2) is 40.8 Å². The largest absolute Gasteiger partial charge is 0.477 e. The molecule has 0 amide bonds. The van der Waals surface area contributed by atoms with Crippen molar-refractivity contribution in [3.05, 3.63) is 29.2 Å². The van der Waals surface area contributed by atoms with Gasteiger partial charge >= 0.3 is 0 Å². The summed E-state index contributed by atoms with van der Waals surface area (Å²) < 4.78 is 33.7. The zero-order valence-electron chi connectivity index (χ0n) is 21.8. The normalized spacial score (nSPS) is 13.1. The van der Waals surface area contributed by atoms with E-state index in [1.165, 1.54) is 6.26 Å². The van der Waals surface area contributed by atoms with E-state index in [0.29, 0.717) is 35.5 Å². The molecular formula is C26H38N4O3S. The quantitative estimate of drug-likeness (QED) is 0.340. The highest BCUT2D eigenvalue weighted by atomic mass is 32.2. The van der Waals surface area contributed by atoms with Crippen molar-refractivity contribution in [2.75, 3.05) is 12.9 Å². The molecular weight excluding hydrogens is 448 g/mol. The van der Waals surface area contributed by atoms with E-state index in [9.17, 15) is 8.42 Å². The molecule has 0 N–H and O–H groups in total. The van der Waals surface area contributed by atoms with Crippen molar-refractivity contribution in [3.63, 3.8) is 0 Å². The third kappa shape index (κ3) is 4.97. The van der Waals surface area contributed by atoms with Crippen LogP contribution in [0.25, 0.3) is 22.4 Å². The molecule has 3 rings (SSSR count). The van der Waals surface area contributed by atoms with Gasteiger partial charge in [0.05, 0.1) is 34.1 Å². The second kappa shape index (κ2) is 10.4. The Bertz CT molecular complexity index is 1280. The zero-order chi connectivity index (χ0) is 25.2. The van der Waals surface area contributed by atoms with E-state index in [2.05, 4.69) is 31.5 Å². The second-order valence-corrected chi connectivity index (χ2v) is 11.1. The first-order chi connectivity index (χ1) is 16.1. The summed E-state index contributed by atoms with van der Waals surface area (Å²) in [7, 11) is -3.51. The number of sulfone groups is 1. The highest BCUT2D eigenvalue weighted by Crippen LogP contribution is 2.37. The molecule has 0 aliphatic rings. The van der Waals surface area contributed by atoms with Gasteiger partial charge in [-0.3, -0.25) is 0 Å². The van der Waals surface area contributed by atoms with E-state index in [1.54, 1.807) is 6.07 Å². The first-order valence-electron chi connectivity index (χ1n) is 12.3. The summed E-state index contributed by atoms with van der Waals surface area (Å²) >= 11 is 0. The van der Waals surface area contributed by atoms with Crippen molar-refractivity contribution in [2.45, 2.75) is 91.0 Å². The van der Waals surface area contributed by atoms with E-state index in [4.69, 9.17) is 19.7 Å². The summed E-state index contributed by atoms with van der Waals surface area (Å²) in [6.07, 6.45) is 7.15. The Morgan fingerprint density at radius 3 is 2.29 bits per heavy atom. The third-order valence-corrected chi connectivity index (χ3v) is 7.57. The van der Waals surface area contributed by atoms with E-state index in [0.717, 1.165) is 48.1 Å². The Hall–Kier alpha value is -2.48. The molecule has 1 atom stereocenters. The van der Waals surface area contributed by atoms with Crippen LogP contribution in [0.1, 0.15) is 89.2 Å². The maximum Gasteiger partial charge on any atom is 0.223 e. The molecule has 0 aromatic carbocycles. The Morgan fingerprint density at radius 2 is 1.74 bits per heavy atom. The number of pyridine rings is 1. The van der Waals surface area contributed by atoms with Crippen molar-refractivity contribution in [1.82, 2.24) is 19.5 Å². The summed E-state index contributed by atoms with van der Waals surface area (Å²) in [6.45, 7) is 14.7. The van der Waals surface area contributed by atoms with Crippen molar-refractivity contribution < 1.29 is 13.2 Å². The van der Waals surface area contributed by atoms with Crippen molar-refractivity contribution in [1.29, 1.82) is 0 Å². The van der Waals surface area contributed by atoms with Crippen molar-refractivity contribution in [2.24, 2.45) is 0 Å². The lowest BCUT2D eigenvalue weighted by molar-refractivity contribution is 0.325. The maximum absolute atomic E-state index is 12.8. The first kappa shape index (κ1) is 26.1. The van der Waals surface area contributed by atoms with Gasteiger partial charge in [0.2, 0.25) is 5.88 Å². The number of ether oxygens (including phenoxy) is 1. The lowest BCUT2D eigenvalue weighted by Gasteiger charge is -2.19. The topological polar surface area (TPSA) is 87.0 Å². The Labute approximate surface area is 203 Å². The van der Waals surface area contributed by atoms with Gasteiger partial charge in [-0.15, -0.1) is 0 Å². The molecule has 0 fully saturated rings. The van der Waals surface area contributed by atoms with E-state index in [1.807, 2.05) is 27.7 Å². The van der Waals surface area contributed by atoms with E-state index in [-0.39, 0.29) is 10.8 Å². The highest BCUT2D eigenvalue weighted by Gasteiger charge is 2.26. The Balaban J connectivity index is 2.32. The third-order valence-electron chi connectivity index (χ3n) is 6.44. The van der Waals surface area contributed by atoms with Crippen LogP contribution in [0.3, 0.4) is 0 Å². The smallest absolute Gasteiger partial charge is 0.223 e. The molecule has 3 heterocycles. The summed E-state index contributed by atoms with van der Waals surface area (Å²) in [5.41, 5.74) is 5.16. The molecule has 0 radical (unpaired) electrons. The fourth-order valence-corrected chi connectivity index (χ4v) is 5.58. The average molecular weight is 487 g/mol. The summed E-state index contributed by atoms with van der Waals surface area (Å²) in [4.78, 5) is 14.9. The number of rotatable bonds is 10. The minimum Gasteiger partial charge on any atom is -0.477 e.